The first-order valence-corrected chi connectivity index (χ1v) is 11.2. The highest BCUT2D eigenvalue weighted by molar-refractivity contribution is 6.05. The summed E-state index contributed by atoms with van der Waals surface area (Å²) in [6.07, 6.45) is 2.53. The first kappa shape index (κ1) is 21.7. The van der Waals surface area contributed by atoms with Crippen LogP contribution in [0.2, 0.25) is 0 Å². The zero-order valence-electron chi connectivity index (χ0n) is 18.2. The van der Waals surface area contributed by atoms with Gasteiger partial charge in [0.15, 0.2) is 0 Å². The van der Waals surface area contributed by atoms with Crippen molar-refractivity contribution in [3.63, 3.8) is 0 Å². The summed E-state index contributed by atoms with van der Waals surface area (Å²) >= 11 is 0. The number of ether oxygens (including phenoxy) is 1. The van der Waals surface area contributed by atoms with Gasteiger partial charge >= 0.3 is 0 Å². The molecule has 2 fully saturated rings. The maximum absolute atomic E-state index is 12.8. The standard InChI is InChI=1S/C22H27N7O4/c23-6-15-11-33-12-19(15)29-10-16(26-27-29)8-24-7-13-1-2-17-14(5-13)9-28(22(17)32)18-3-4-20(30)25-21(18)31/h1-2,5,10,15,18-19,24H,3-4,6-9,11-12,23H2,(H,25,30,31)/t15-,18?,19-/m1/s1. The molecule has 11 heteroatoms. The lowest BCUT2D eigenvalue weighted by atomic mass is 10.0. The molecule has 1 unspecified atom stereocenters. The molecule has 1 aromatic carbocycles. The number of carbonyl (C=O) groups is 3. The third kappa shape index (κ3) is 4.26. The van der Waals surface area contributed by atoms with Gasteiger partial charge < -0.3 is 20.7 Å². The van der Waals surface area contributed by atoms with Gasteiger partial charge in [0.25, 0.3) is 5.91 Å². The molecule has 5 rings (SSSR count). The second kappa shape index (κ2) is 9.00. The molecule has 3 atom stereocenters. The first-order chi connectivity index (χ1) is 16.0. The molecule has 4 N–H and O–H groups in total. The van der Waals surface area contributed by atoms with Crippen LogP contribution in [-0.2, 0) is 34.0 Å². The molecule has 3 aliphatic rings. The van der Waals surface area contributed by atoms with E-state index in [1.807, 2.05) is 29.1 Å². The maximum Gasteiger partial charge on any atom is 0.255 e. The summed E-state index contributed by atoms with van der Waals surface area (Å²) in [7, 11) is 0. The number of piperidine rings is 1. The molecule has 0 spiro atoms. The number of nitrogens with one attached hydrogen (secondary N) is 2. The van der Waals surface area contributed by atoms with Gasteiger partial charge in [-0.15, -0.1) is 5.10 Å². The number of carbonyl (C=O) groups excluding carboxylic acids is 3. The fourth-order valence-corrected chi connectivity index (χ4v) is 4.73. The van der Waals surface area contributed by atoms with E-state index < -0.39 is 11.9 Å². The number of nitrogens with two attached hydrogens (primary N) is 1. The minimum atomic E-state index is -0.601. The average Bonchev–Trinajstić information content (AvgIpc) is 3.53. The summed E-state index contributed by atoms with van der Waals surface area (Å²) in [5, 5.41) is 14.2. The molecule has 0 aliphatic carbocycles. The van der Waals surface area contributed by atoms with Crippen LogP contribution in [0.25, 0.3) is 0 Å². The number of hydrogen-bond donors (Lipinski definition) is 3. The Morgan fingerprint density at radius 3 is 2.91 bits per heavy atom. The molecular formula is C22H27N7O4. The third-order valence-electron chi connectivity index (χ3n) is 6.59. The number of aromatic nitrogens is 3. The van der Waals surface area contributed by atoms with E-state index in [0.29, 0.717) is 51.4 Å². The van der Waals surface area contributed by atoms with Gasteiger partial charge in [-0.05, 0) is 30.2 Å². The number of hydrogen-bond acceptors (Lipinski definition) is 8. The minimum Gasteiger partial charge on any atom is -0.379 e. The fraction of sp³-hybridized carbons (Fsp3) is 0.500. The molecule has 0 radical (unpaired) electrons. The quantitative estimate of drug-likeness (QED) is 0.475. The molecule has 1 aromatic heterocycles. The van der Waals surface area contributed by atoms with Gasteiger partial charge in [0.05, 0.1) is 31.1 Å². The van der Waals surface area contributed by atoms with E-state index in [9.17, 15) is 14.4 Å². The predicted molar refractivity (Wildman–Crippen MR) is 115 cm³/mol. The van der Waals surface area contributed by atoms with E-state index in [-0.39, 0.29) is 30.2 Å². The summed E-state index contributed by atoms with van der Waals surface area (Å²) in [6, 6.07) is 5.24. The zero-order valence-corrected chi connectivity index (χ0v) is 18.2. The molecule has 33 heavy (non-hydrogen) atoms. The molecular weight excluding hydrogens is 426 g/mol. The fourth-order valence-electron chi connectivity index (χ4n) is 4.73. The van der Waals surface area contributed by atoms with Gasteiger partial charge in [-0.2, -0.15) is 0 Å². The van der Waals surface area contributed by atoms with Gasteiger partial charge in [0.2, 0.25) is 11.8 Å². The van der Waals surface area contributed by atoms with Crippen molar-refractivity contribution >= 4 is 17.7 Å². The van der Waals surface area contributed by atoms with Crippen molar-refractivity contribution in [3.05, 3.63) is 46.8 Å². The van der Waals surface area contributed by atoms with E-state index in [2.05, 4.69) is 20.9 Å². The maximum atomic E-state index is 12.8. The van der Waals surface area contributed by atoms with E-state index in [1.165, 1.54) is 0 Å². The molecule has 0 saturated carbocycles. The SMILES string of the molecule is NC[C@@H]1COC[C@H]1n1cc(CNCc2ccc3c(c2)CN(C2CCC(=O)NC2=O)C3=O)nn1. The van der Waals surface area contributed by atoms with Crippen LogP contribution < -0.4 is 16.4 Å². The Morgan fingerprint density at radius 2 is 2.09 bits per heavy atom. The summed E-state index contributed by atoms with van der Waals surface area (Å²) in [6.45, 7) is 3.33. The van der Waals surface area contributed by atoms with Gasteiger partial charge in [-0.25, -0.2) is 4.68 Å². The van der Waals surface area contributed by atoms with Crippen molar-refractivity contribution in [2.45, 2.75) is 44.6 Å². The molecule has 0 bridgehead atoms. The van der Waals surface area contributed by atoms with Crippen molar-refractivity contribution < 1.29 is 19.1 Å². The lowest BCUT2D eigenvalue weighted by Gasteiger charge is -2.29. The van der Waals surface area contributed by atoms with Crippen LogP contribution in [0.4, 0.5) is 0 Å². The van der Waals surface area contributed by atoms with Crippen LogP contribution in [0.5, 0.6) is 0 Å². The Morgan fingerprint density at radius 1 is 1.21 bits per heavy atom. The van der Waals surface area contributed by atoms with Gasteiger partial charge in [0.1, 0.15) is 6.04 Å². The van der Waals surface area contributed by atoms with Crippen LogP contribution in [0.1, 0.15) is 46.1 Å². The Balaban J connectivity index is 1.18. The molecule has 11 nitrogen and oxygen atoms in total. The summed E-state index contributed by atoms with van der Waals surface area (Å²) < 4.78 is 7.35. The number of nitrogens with zero attached hydrogens (tertiary/aromatic N) is 4. The highest BCUT2D eigenvalue weighted by atomic mass is 16.5. The zero-order chi connectivity index (χ0) is 22.9. The Labute approximate surface area is 190 Å². The summed E-state index contributed by atoms with van der Waals surface area (Å²) in [5.74, 6) is -0.600. The molecule has 4 heterocycles. The van der Waals surface area contributed by atoms with Gasteiger partial charge in [-0.3, -0.25) is 19.7 Å². The van der Waals surface area contributed by atoms with Gasteiger partial charge in [-0.1, -0.05) is 17.3 Å². The largest absolute Gasteiger partial charge is 0.379 e. The normalized spacial score (nSPS) is 24.9. The van der Waals surface area contributed by atoms with Crippen LogP contribution in [-0.4, -0.2) is 63.4 Å². The Bertz CT molecular complexity index is 1080. The van der Waals surface area contributed by atoms with Crippen LogP contribution in [0.15, 0.2) is 24.4 Å². The number of rotatable bonds is 7. The minimum absolute atomic E-state index is 0.123. The van der Waals surface area contributed by atoms with E-state index in [4.69, 9.17) is 10.5 Å². The van der Waals surface area contributed by atoms with E-state index in [1.54, 1.807) is 4.90 Å². The second-order valence-corrected chi connectivity index (χ2v) is 8.79. The number of imide groups is 1. The van der Waals surface area contributed by atoms with Crippen molar-refractivity contribution in [1.82, 2.24) is 30.5 Å². The lowest BCUT2D eigenvalue weighted by molar-refractivity contribution is -0.136. The highest BCUT2D eigenvalue weighted by Crippen LogP contribution is 2.28. The van der Waals surface area contributed by atoms with Crippen molar-refractivity contribution in [2.24, 2.45) is 11.7 Å². The Hall–Kier alpha value is -3.15. The topological polar surface area (TPSA) is 144 Å². The van der Waals surface area contributed by atoms with Crippen molar-refractivity contribution in [3.8, 4) is 0 Å². The van der Waals surface area contributed by atoms with Gasteiger partial charge in [0, 0.05) is 37.5 Å². The van der Waals surface area contributed by atoms with Crippen molar-refractivity contribution in [2.75, 3.05) is 19.8 Å². The Kier molecular flexibility index (Phi) is 5.92. The van der Waals surface area contributed by atoms with E-state index >= 15 is 0 Å². The lowest BCUT2D eigenvalue weighted by Crippen LogP contribution is -2.52. The number of fused-ring (bicyclic) bond motifs is 1. The van der Waals surface area contributed by atoms with Crippen molar-refractivity contribution in [1.29, 1.82) is 0 Å². The predicted octanol–water partition coefficient (Wildman–Crippen LogP) is -0.525. The molecule has 3 amide bonds. The van der Waals surface area contributed by atoms with Crippen LogP contribution in [0, 0.1) is 5.92 Å². The number of benzene rings is 1. The second-order valence-electron chi connectivity index (χ2n) is 8.79. The first-order valence-electron chi connectivity index (χ1n) is 11.2. The number of amides is 3. The monoisotopic (exact) mass is 453 g/mol. The average molecular weight is 454 g/mol. The molecule has 3 aliphatic heterocycles. The van der Waals surface area contributed by atoms with Crippen LogP contribution in [0.3, 0.4) is 0 Å². The summed E-state index contributed by atoms with van der Waals surface area (Å²) in [5.41, 5.74) is 9.18. The summed E-state index contributed by atoms with van der Waals surface area (Å²) in [4.78, 5) is 38.0. The highest BCUT2D eigenvalue weighted by Gasteiger charge is 2.39. The third-order valence-corrected chi connectivity index (χ3v) is 6.59. The molecule has 2 aromatic rings. The van der Waals surface area contributed by atoms with Crippen LogP contribution >= 0.6 is 0 Å². The molecule has 174 valence electrons. The molecule has 2 saturated heterocycles. The van der Waals surface area contributed by atoms with E-state index in [0.717, 1.165) is 16.8 Å². The smallest absolute Gasteiger partial charge is 0.255 e.